The minimum atomic E-state index is 0.239. The van der Waals surface area contributed by atoms with Gasteiger partial charge in [-0.15, -0.1) is 0 Å². The molecule has 0 unspecified atom stereocenters. The van der Waals surface area contributed by atoms with Crippen molar-refractivity contribution in [2.45, 2.75) is 57.7 Å². The van der Waals surface area contributed by atoms with E-state index >= 15 is 0 Å². The monoisotopic (exact) mass is 370 g/mol. The predicted molar refractivity (Wildman–Crippen MR) is 106 cm³/mol. The van der Waals surface area contributed by atoms with E-state index in [1.807, 2.05) is 24.8 Å². The topological polar surface area (TPSA) is 68.1 Å². The number of hydrogen-bond donors (Lipinski definition) is 1. The second-order valence-electron chi connectivity index (χ2n) is 7.94. The highest BCUT2D eigenvalue weighted by atomic mass is 16.5. The third-order valence-corrected chi connectivity index (χ3v) is 5.69. The average molecular weight is 371 g/mol. The number of piperidine rings is 1. The summed E-state index contributed by atoms with van der Waals surface area (Å²) in [6, 6.07) is 2.80. The van der Waals surface area contributed by atoms with Crippen molar-refractivity contribution in [2.75, 3.05) is 29.9 Å². The molecule has 2 aromatic rings. The second kappa shape index (κ2) is 8.25. The molecule has 1 N–H and O–H groups in total. The van der Waals surface area contributed by atoms with Crippen LogP contribution in [0.15, 0.2) is 31.0 Å². The second-order valence-corrected chi connectivity index (χ2v) is 7.94. The van der Waals surface area contributed by atoms with Crippen molar-refractivity contribution in [1.82, 2.24) is 19.5 Å². The number of hydrogen-bond acceptors (Lipinski definition) is 6. The van der Waals surface area contributed by atoms with Crippen molar-refractivity contribution in [2.24, 2.45) is 5.92 Å². The first-order valence-electron chi connectivity index (χ1n) is 10.1. The third-order valence-electron chi connectivity index (χ3n) is 5.69. The Morgan fingerprint density at radius 3 is 2.78 bits per heavy atom. The summed E-state index contributed by atoms with van der Waals surface area (Å²) in [5.74, 6) is 2.21. The largest absolute Gasteiger partial charge is 0.376 e. The van der Waals surface area contributed by atoms with E-state index < -0.39 is 0 Å². The van der Waals surface area contributed by atoms with E-state index in [9.17, 15) is 0 Å². The van der Waals surface area contributed by atoms with Crippen LogP contribution in [0.5, 0.6) is 0 Å². The molecule has 0 spiro atoms. The summed E-state index contributed by atoms with van der Waals surface area (Å²) in [6.07, 6.45) is 12.3. The average Bonchev–Trinajstić information content (AvgIpc) is 3.23. The van der Waals surface area contributed by atoms with Crippen LogP contribution in [-0.2, 0) is 4.74 Å². The fourth-order valence-electron chi connectivity index (χ4n) is 4.23. The van der Waals surface area contributed by atoms with Crippen molar-refractivity contribution in [1.29, 1.82) is 0 Å². The Morgan fingerprint density at radius 2 is 2.04 bits per heavy atom. The van der Waals surface area contributed by atoms with Crippen LogP contribution in [0.25, 0.3) is 0 Å². The Hall–Kier alpha value is -2.15. The maximum Gasteiger partial charge on any atom is 0.227 e. The van der Waals surface area contributed by atoms with E-state index in [1.165, 1.54) is 0 Å². The summed E-state index contributed by atoms with van der Waals surface area (Å²) in [5, 5.41) is 3.61. The van der Waals surface area contributed by atoms with Crippen molar-refractivity contribution < 1.29 is 4.74 Å². The Labute approximate surface area is 161 Å². The number of imidazole rings is 1. The summed E-state index contributed by atoms with van der Waals surface area (Å²) in [7, 11) is 0. The molecular formula is C20H30N6O. The molecule has 4 heterocycles. The lowest BCUT2D eigenvalue weighted by atomic mass is 9.94. The molecule has 7 heteroatoms. The van der Waals surface area contributed by atoms with Crippen LogP contribution in [0, 0.1) is 5.92 Å². The van der Waals surface area contributed by atoms with Crippen LogP contribution >= 0.6 is 0 Å². The van der Waals surface area contributed by atoms with Gasteiger partial charge in [-0.3, -0.25) is 0 Å². The van der Waals surface area contributed by atoms with Gasteiger partial charge in [0.2, 0.25) is 5.95 Å². The van der Waals surface area contributed by atoms with E-state index in [2.05, 4.69) is 44.8 Å². The van der Waals surface area contributed by atoms with Crippen LogP contribution in [0.4, 0.5) is 11.8 Å². The summed E-state index contributed by atoms with van der Waals surface area (Å²) < 4.78 is 8.21. The van der Waals surface area contributed by atoms with Crippen LogP contribution < -0.4 is 10.2 Å². The minimum Gasteiger partial charge on any atom is -0.376 e. The number of aromatic nitrogens is 4. The molecule has 146 valence electrons. The molecule has 4 rings (SSSR count). The van der Waals surface area contributed by atoms with Gasteiger partial charge in [-0.05, 0) is 37.7 Å². The van der Waals surface area contributed by atoms with Crippen molar-refractivity contribution in [3.05, 3.63) is 31.0 Å². The third kappa shape index (κ3) is 4.24. The molecule has 2 aliphatic heterocycles. The van der Waals surface area contributed by atoms with Crippen molar-refractivity contribution in [3.8, 4) is 0 Å². The van der Waals surface area contributed by atoms with Gasteiger partial charge in [0.15, 0.2) is 0 Å². The normalized spacial score (nSPS) is 24.3. The molecule has 0 aliphatic carbocycles. The van der Waals surface area contributed by atoms with Gasteiger partial charge in [0.1, 0.15) is 5.82 Å². The SMILES string of the molecule is CC(C)[C@@H]1OCCC[C@@H]1Nc1ccnc(N2CCC(n3ccnc3)CC2)n1. The number of anilines is 2. The standard InChI is InChI=1S/C20H30N6O/c1-15(2)19-17(4-3-13-27-19)23-18-5-8-22-20(24-18)25-10-6-16(7-11-25)26-12-9-21-14-26/h5,8-9,12,14-17,19H,3-4,6-7,10-11,13H2,1-2H3,(H,22,23,24)/t17-,19-/m0/s1. The van der Waals surface area contributed by atoms with Gasteiger partial charge in [-0.1, -0.05) is 13.8 Å². The van der Waals surface area contributed by atoms with Crippen LogP contribution in [0.3, 0.4) is 0 Å². The first kappa shape index (κ1) is 18.2. The lowest BCUT2D eigenvalue weighted by Gasteiger charge is -2.35. The van der Waals surface area contributed by atoms with Gasteiger partial charge in [0.25, 0.3) is 0 Å². The highest BCUT2D eigenvalue weighted by Crippen LogP contribution is 2.26. The smallest absolute Gasteiger partial charge is 0.227 e. The first-order chi connectivity index (χ1) is 13.2. The Morgan fingerprint density at radius 1 is 1.19 bits per heavy atom. The van der Waals surface area contributed by atoms with Gasteiger partial charge >= 0.3 is 0 Å². The number of nitrogens with one attached hydrogen (secondary N) is 1. The summed E-state index contributed by atoms with van der Waals surface area (Å²) >= 11 is 0. The molecule has 0 aromatic carbocycles. The molecule has 2 saturated heterocycles. The number of nitrogens with zero attached hydrogens (tertiary/aromatic N) is 5. The predicted octanol–water partition coefficient (Wildman–Crippen LogP) is 3.13. The molecule has 0 saturated carbocycles. The van der Waals surface area contributed by atoms with Crippen LogP contribution in [0.2, 0.25) is 0 Å². The Balaban J connectivity index is 1.39. The summed E-state index contributed by atoms with van der Waals surface area (Å²) in [6.45, 7) is 7.24. The van der Waals surface area contributed by atoms with E-state index in [1.54, 1.807) is 0 Å². The van der Waals surface area contributed by atoms with Crippen LogP contribution in [0.1, 0.15) is 45.6 Å². The van der Waals surface area contributed by atoms with Gasteiger partial charge in [0, 0.05) is 44.3 Å². The first-order valence-corrected chi connectivity index (χ1v) is 10.1. The molecule has 2 atom stereocenters. The number of rotatable bonds is 5. The van der Waals surface area contributed by atoms with Crippen LogP contribution in [-0.4, -0.2) is 51.4 Å². The molecule has 0 radical (unpaired) electrons. The molecular weight excluding hydrogens is 340 g/mol. The Kier molecular flexibility index (Phi) is 5.57. The molecule has 0 amide bonds. The van der Waals surface area contributed by atoms with E-state index in [0.717, 1.165) is 57.1 Å². The molecule has 7 nitrogen and oxygen atoms in total. The Bertz CT molecular complexity index is 711. The zero-order chi connectivity index (χ0) is 18.6. The molecule has 2 fully saturated rings. The van der Waals surface area contributed by atoms with E-state index in [0.29, 0.717) is 18.0 Å². The van der Waals surface area contributed by atoms with Gasteiger partial charge in [-0.25, -0.2) is 9.97 Å². The minimum absolute atomic E-state index is 0.239. The maximum absolute atomic E-state index is 5.99. The van der Waals surface area contributed by atoms with Crippen molar-refractivity contribution >= 4 is 11.8 Å². The highest BCUT2D eigenvalue weighted by molar-refractivity contribution is 5.42. The number of ether oxygens (including phenoxy) is 1. The highest BCUT2D eigenvalue weighted by Gasteiger charge is 2.29. The summed E-state index contributed by atoms with van der Waals surface area (Å²) in [5.41, 5.74) is 0. The lowest BCUT2D eigenvalue weighted by Crippen LogP contribution is -2.43. The molecule has 2 aliphatic rings. The fraction of sp³-hybridized carbons (Fsp3) is 0.650. The summed E-state index contributed by atoms with van der Waals surface area (Å²) in [4.78, 5) is 15.8. The van der Waals surface area contributed by atoms with Gasteiger partial charge < -0.3 is 19.5 Å². The lowest BCUT2D eigenvalue weighted by molar-refractivity contribution is -0.0203. The van der Waals surface area contributed by atoms with Gasteiger partial charge in [0.05, 0.1) is 18.5 Å². The zero-order valence-corrected chi connectivity index (χ0v) is 16.3. The zero-order valence-electron chi connectivity index (χ0n) is 16.3. The van der Waals surface area contributed by atoms with Crippen molar-refractivity contribution in [3.63, 3.8) is 0 Å². The van der Waals surface area contributed by atoms with E-state index in [-0.39, 0.29) is 6.10 Å². The maximum atomic E-state index is 5.99. The fourth-order valence-corrected chi connectivity index (χ4v) is 4.23. The van der Waals surface area contributed by atoms with E-state index in [4.69, 9.17) is 9.72 Å². The van der Waals surface area contributed by atoms with Gasteiger partial charge in [-0.2, -0.15) is 4.98 Å². The molecule has 27 heavy (non-hydrogen) atoms. The molecule has 0 bridgehead atoms. The quantitative estimate of drug-likeness (QED) is 0.872. The molecule has 2 aromatic heterocycles.